The van der Waals surface area contributed by atoms with Gasteiger partial charge in [0.2, 0.25) is 5.91 Å². The highest BCUT2D eigenvalue weighted by Gasteiger charge is 2.57. The number of amides is 1. The molecule has 1 saturated heterocycles. The molecule has 2 heterocycles. The normalized spacial score (nSPS) is 23.5. The smallest absolute Gasteiger partial charge is 0.259 e. The van der Waals surface area contributed by atoms with Crippen molar-refractivity contribution in [2.75, 3.05) is 6.54 Å². The summed E-state index contributed by atoms with van der Waals surface area (Å²) in [5, 5.41) is 8.95. The summed E-state index contributed by atoms with van der Waals surface area (Å²) in [7, 11) is 0. The fraction of sp³-hybridized carbons (Fsp3) is 0.562. The Bertz CT molecular complexity index is 621. The molecule has 1 unspecified atom stereocenters. The maximum Gasteiger partial charge on any atom is 0.259 e. The molecule has 118 valence electrons. The molecular weight excluding hydrogens is 288 g/mol. The maximum absolute atomic E-state index is 13.8. The highest BCUT2D eigenvalue weighted by atomic mass is 19.3. The summed E-state index contributed by atoms with van der Waals surface area (Å²) in [6.45, 7) is 4.30. The fourth-order valence-electron chi connectivity index (χ4n) is 2.91. The summed E-state index contributed by atoms with van der Waals surface area (Å²) in [5.74, 6) is -3.60. The molecule has 0 aromatic carbocycles. The molecule has 4 nitrogen and oxygen atoms in total. The Morgan fingerprint density at radius 2 is 2.23 bits per heavy atom. The molecule has 6 heteroatoms. The van der Waals surface area contributed by atoms with Crippen LogP contribution in [-0.2, 0) is 4.79 Å². The minimum atomic E-state index is -3.07. The van der Waals surface area contributed by atoms with Crippen molar-refractivity contribution in [1.82, 2.24) is 9.88 Å². The van der Waals surface area contributed by atoms with E-state index in [1.54, 1.807) is 12.3 Å². The third-order valence-corrected chi connectivity index (χ3v) is 4.59. The van der Waals surface area contributed by atoms with Gasteiger partial charge >= 0.3 is 0 Å². The van der Waals surface area contributed by atoms with Crippen LogP contribution in [0, 0.1) is 16.7 Å². The molecule has 2 rings (SSSR count). The van der Waals surface area contributed by atoms with Crippen LogP contribution in [0.5, 0.6) is 0 Å². The number of hydrogen-bond donors (Lipinski definition) is 0. The number of likely N-dealkylation sites (tertiary alicyclic amines) is 1. The second kappa shape index (κ2) is 5.64. The highest BCUT2D eigenvalue weighted by Crippen LogP contribution is 2.47. The minimum absolute atomic E-state index is 0.122. The zero-order valence-electron chi connectivity index (χ0n) is 12.9. The molecule has 0 aliphatic carbocycles. The van der Waals surface area contributed by atoms with E-state index in [0.717, 1.165) is 6.92 Å². The number of rotatable bonds is 4. The van der Waals surface area contributed by atoms with E-state index in [1.807, 2.05) is 13.0 Å². The van der Waals surface area contributed by atoms with Gasteiger partial charge in [-0.05, 0) is 31.4 Å². The molecule has 0 bridgehead atoms. The summed E-state index contributed by atoms with van der Waals surface area (Å²) in [6, 6.07) is 3.33. The Hall–Kier alpha value is -2.03. The lowest BCUT2D eigenvalue weighted by molar-refractivity contribution is -0.157. The lowest BCUT2D eigenvalue weighted by atomic mass is 9.82. The number of alkyl halides is 2. The summed E-state index contributed by atoms with van der Waals surface area (Å²) in [4.78, 5) is 18.1. The van der Waals surface area contributed by atoms with E-state index in [4.69, 9.17) is 5.26 Å². The standard InChI is InChI=1S/C16H19F2N3O/c1-4-13(12-7-11(8-19)9-20-10-12)21-6-5-15(2,14(21)22)16(3,17)18/h7,9-10,13H,4-6H2,1-3H3/t13-,15?/m1/s1. The van der Waals surface area contributed by atoms with Crippen LogP contribution in [0.3, 0.4) is 0 Å². The van der Waals surface area contributed by atoms with Gasteiger partial charge in [-0.3, -0.25) is 9.78 Å². The second-order valence-corrected chi connectivity index (χ2v) is 6.01. The van der Waals surface area contributed by atoms with Gasteiger partial charge in [0.1, 0.15) is 11.5 Å². The lowest BCUT2D eigenvalue weighted by Gasteiger charge is -2.32. The van der Waals surface area contributed by atoms with Gasteiger partial charge in [0, 0.05) is 25.9 Å². The molecule has 1 amide bonds. The third kappa shape index (κ3) is 2.56. The van der Waals surface area contributed by atoms with Crippen molar-refractivity contribution in [2.24, 2.45) is 5.41 Å². The molecule has 1 aromatic rings. The first-order valence-electron chi connectivity index (χ1n) is 7.28. The Balaban J connectivity index is 2.34. The zero-order valence-corrected chi connectivity index (χ0v) is 12.9. The fourth-order valence-corrected chi connectivity index (χ4v) is 2.91. The average molecular weight is 307 g/mol. The molecule has 0 saturated carbocycles. The van der Waals surface area contributed by atoms with Crippen LogP contribution >= 0.6 is 0 Å². The molecule has 1 aliphatic rings. The first-order chi connectivity index (χ1) is 10.2. The van der Waals surface area contributed by atoms with Gasteiger partial charge < -0.3 is 4.90 Å². The van der Waals surface area contributed by atoms with Gasteiger partial charge in [0.15, 0.2) is 0 Å². The molecule has 1 fully saturated rings. The number of halogens is 2. The summed E-state index contributed by atoms with van der Waals surface area (Å²) in [5.41, 5.74) is -0.564. The minimum Gasteiger partial charge on any atom is -0.335 e. The summed E-state index contributed by atoms with van der Waals surface area (Å²) >= 11 is 0. The second-order valence-electron chi connectivity index (χ2n) is 6.01. The number of nitrogens with zero attached hydrogens (tertiary/aromatic N) is 3. The Morgan fingerprint density at radius 1 is 1.55 bits per heavy atom. The number of carbonyl (C=O) groups excluding carboxylic acids is 1. The zero-order chi connectivity index (χ0) is 16.5. The largest absolute Gasteiger partial charge is 0.335 e. The highest BCUT2D eigenvalue weighted by molar-refractivity contribution is 5.86. The molecule has 1 aromatic heterocycles. The van der Waals surface area contributed by atoms with Crippen LogP contribution in [-0.4, -0.2) is 28.3 Å². The van der Waals surface area contributed by atoms with Gasteiger partial charge in [-0.15, -0.1) is 0 Å². The van der Waals surface area contributed by atoms with E-state index in [1.165, 1.54) is 18.0 Å². The van der Waals surface area contributed by atoms with Crippen LogP contribution in [0.2, 0.25) is 0 Å². The number of pyridine rings is 1. The topological polar surface area (TPSA) is 57.0 Å². The van der Waals surface area contributed by atoms with E-state index in [-0.39, 0.29) is 19.0 Å². The maximum atomic E-state index is 13.8. The Labute approximate surface area is 128 Å². The molecule has 2 atom stereocenters. The summed E-state index contributed by atoms with van der Waals surface area (Å²) < 4.78 is 27.6. The molecule has 1 aliphatic heterocycles. The van der Waals surface area contributed by atoms with E-state index in [2.05, 4.69) is 4.98 Å². The van der Waals surface area contributed by atoms with E-state index < -0.39 is 17.2 Å². The lowest BCUT2D eigenvalue weighted by Crippen LogP contribution is -2.44. The molecule has 22 heavy (non-hydrogen) atoms. The van der Waals surface area contributed by atoms with Gasteiger partial charge in [-0.25, -0.2) is 8.78 Å². The predicted molar refractivity (Wildman–Crippen MR) is 77.0 cm³/mol. The molecule has 0 N–H and O–H groups in total. The molecular formula is C16H19F2N3O. The van der Waals surface area contributed by atoms with Crippen molar-refractivity contribution >= 4 is 5.91 Å². The van der Waals surface area contributed by atoms with Crippen molar-refractivity contribution in [3.63, 3.8) is 0 Å². The van der Waals surface area contributed by atoms with Crippen LogP contribution in [0.15, 0.2) is 18.5 Å². The predicted octanol–water partition coefficient (Wildman–Crippen LogP) is 3.30. The van der Waals surface area contributed by atoms with E-state index >= 15 is 0 Å². The van der Waals surface area contributed by atoms with Crippen LogP contribution in [0.4, 0.5) is 8.78 Å². The Morgan fingerprint density at radius 3 is 2.73 bits per heavy atom. The number of nitriles is 1. The van der Waals surface area contributed by atoms with Crippen molar-refractivity contribution in [3.05, 3.63) is 29.6 Å². The van der Waals surface area contributed by atoms with E-state index in [9.17, 15) is 13.6 Å². The average Bonchev–Trinajstić information content (AvgIpc) is 2.78. The first kappa shape index (κ1) is 16.3. The van der Waals surface area contributed by atoms with Crippen LogP contribution in [0.25, 0.3) is 0 Å². The molecule has 0 spiro atoms. The van der Waals surface area contributed by atoms with Crippen LogP contribution in [0.1, 0.15) is 50.8 Å². The molecule has 0 radical (unpaired) electrons. The van der Waals surface area contributed by atoms with E-state index in [0.29, 0.717) is 17.5 Å². The van der Waals surface area contributed by atoms with Gasteiger partial charge in [-0.2, -0.15) is 5.26 Å². The van der Waals surface area contributed by atoms with Crippen molar-refractivity contribution < 1.29 is 13.6 Å². The van der Waals surface area contributed by atoms with Gasteiger partial charge in [-0.1, -0.05) is 6.92 Å². The van der Waals surface area contributed by atoms with Gasteiger partial charge in [0.05, 0.1) is 11.6 Å². The summed E-state index contributed by atoms with van der Waals surface area (Å²) in [6.07, 6.45) is 3.72. The number of hydrogen-bond acceptors (Lipinski definition) is 3. The number of carbonyl (C=O) groups is 1. The quantitative estimate of drug-likeness (QED) is 0.857. The van der Waals surface area contributed by atoms with Crippen molar-refractivity contribution in [2.45, 2.75) is 45.6 Å². The van der Waals surface area contributed by atoms with Gasteiger partial charge in [0.25, 0.3) is 5.92 Å². The SMILES string of the molecule is CC[C@H](c1cncc(C#N)c1)N1CCC(C)(C(C)(F)F)C1=O. The van der Waals surface area contributed by atoms with Crippen molar-refractivity contribution in [1.29, 1.82) is 5.26 Å². The van der Waals surface area contributed by atoms with Crippen LogP contribution < -0.4 is 0 Å². The monoisotopic (exact) mass is 307 g/mol. The van der Waals surface area contributed by atoms with Crippen molar-refractivity contribution in [3.8, 4) is 6.07 Å². The first-order valence-corrected chi connectivity index (χ1v) is 7.28. The Kier molecular flexibility index (Phi) is 4.19. The number of aromatic nitrogens is 1. The third-order valence-electron chi connectivity index (χ3n) is 4.59.